The van der Waals surface area contributed by atoms with E-state index in [9.17, 15) is 4.21 Å². The van der Waals surface area contributed by atoms with E-state index in [1.165, 1.54) is 0 Å². The monoisotopic (exact) mass is 218 g/mol. The van der Waals surface area contributed by atoms with E-state index in [4.69, 9.17) is 0 Å². The van der Waals surface area contributed by atoms with Crippen LogP contribution in [0.2, 0.25) is 0 Å². The molecule has 0 amide bonds. The summed E-state index contributed by atoms with van der Waals surface area (Å²) in [4.78, 5) is 0.864. The van der Waals surface area contributed by atoms with Crippen molar-refractivity contribution in [3.8, 4) is 0 Å². The van der Waals surface area contributed by atoms with E-state index in [2.05, 4.69) is 15.9 Å². The van der Waals surface area contributed by atoms with Crippen molar-refractivity contribution in [2.45, 2.75) is 4.90 Å². The van der Waals surface area contributed by atoms with Crippen LogP contribution in [0, 0.1) is 0 Å². The Labute approximate surface area is 71.0 Å². The van der Waals surface area contributed by atoms with Crippen molar-refractivity contribution in [1.82, 2.24) is 0 Å². The van der Waals surface area contributed by atoms with E-state index in [0.717, 1.165) is 9.37 Å². The maximum Gasteiger partial charge on any atom is 0.0498 e. The third-order valence-corrected chi connectivity index (χ3v) is 2.61. The van der Waals surface area contributed by atoms with Crippen LogP contribution in [-0.4, -0.2) is 10.5 Å². The molecule has 54 valence electrons. The van der Waals surface area contributed by atoms with Gasteiger partial charge in [-0.1, -0.05) is 15.9 Å². The predicted octanol–water partition coefficient (Wildman–Crippen LogP) is 2.19. The molecule has 3 heteroatoms. The molecule has 0 N–H and O–H groups in total. The van der Waals surface area contributed by atoms with E-state index in [-0.39, 0.29) is 0 Å². The van der Waals surface area contributed by atoms with Crippen LogP contribution in [0.15, 0.2) is 33.6 Å². The van der Waals surface area contributed by atoms with Crippen LogP contribution in [0.5, 0.6) is 0 Å². The minimum Gasteiger partial charge on any atom is -0.255 e. The SMILES string of the molecule is CS(=O)c1ccc(Br)cc1. The van der Waals surface area contributed by atoms with Crippen molar-refractivity contribution in [1.29, 1.82) is 0 Å². The van der Waals surface area contributed by atoms with Crippen molar-refractivity contribution in [3.05, 3.63) is 28.7 Å². The largest absolute Gasteiger partial charge is 0.255 e. The first-order valence-electron chi connectivity index (χ1n) is 2.79. The van der Waals surface area contributed by atoms with E-state index in [1.807, 2.05) is 24.3 Å². The lowest BCUT2D eigenvalue weighted by atomic mass is 10.4. The molecule has 1 unspecified atom stereocenters. The quantitative estimate of drug-likeness (QED) is 0.707. The maximum atomic E-state index is 10.9. The Morgan fingerprint density at radius 3 is 2.20 bits per heavy atom. The molecule has 0 aliphatic carbocycles. The normalized spacial score (nSPS) is 13.0. The fourth-order valence-electron chi connectivity index (χ4n) is 0.626. The molecule has 0 saturated heterocycles. The molecular formula is C7H7BrOS. The summed E-state index contributed by atoms with van der Waals surface area (Å²) < 4.78 is 11.9. The first kappa shape index (κ1) is 7.95. The van der Waals surface area contributed by atoms with Crippen LogP contribution in [0.3, 0.4) is 0 Å². The summed E-state index contributed by atoms with van der Waals surface area (Å²) in [6.45, 7) is 0. The van der Waals surface area contributed by atoms with Crippen LogP contribution in [0.4, 0.5) is 0 Å². The highest BCUT2D eigenvalue weighted by Gasteiger charge is 1.94. The second-order valence-electron chi connectivity index (χ2n) is 1.91. The number of hydrogen-bond acceptors (Lipinski definition) is 1. The van der Waals surface area contributed by atoms with E-state index >= 15 is 0 Å². The standard InChI is InChI=1S/C7H7BrOS/c1-10(9)7-4-2-6(8)3-5-7/h2-5H,1H3. The van der Waals surface area contributed by atoms with Crippen molar-refractivity contribution < 1.29 is 4.21 Å². The molecule has 0 spiro atoms. The second kappa shape index (κ2) is 3.30. The third-order valence-electron chi connectivity index (χ3n) is 1.15. The van der Waals surface area contributed by atoms with Gasteiger partial charge in [-0.2, -0.15) is 0 Å². The summed E-state index contributed by atoms with van der Waals surface area (Å²) in [5.74, 6) is 0. The lowest BCUT2D eigenvalue weighted by molar-refractivity contribution is 0.687. The molecule has 10 heavy (non-hydrogen) atoms. The van der Waals surface area contributed by atoms with E-state index in [0.29, 0.717) is 0 Å². The van der Waals surface area contributed by atoms with Gasteiger partial charge in [-0.25, -0.2) is 0 Å². The minimum absolute atomic E-state index is 0.858. The van der Waals surface area contributed by atoms with Gasteiger partial charge in [-0.15, -0.1) is 0 Å². The van der Waals surface area contributed by atoms with Crippen LogP contribution >= 0.6 is 15.9 Å². The van der Waals surface area contributed by atoms with Crippen molar-refractivity contribution in [2.75, 3.05) is 6.26 Å². The smallest absolute Gasteiger partial charge is 0.0498 e. The van der Waals surface area contributed by atoms with Crippen molar-refractivity contribution in [3.63, 3.8) is 0 Å². The van der Waals surface area contributed by atoms with Crippen LogP contribution in [0.25, 0.3) is 0 Å². The van der Waals surface area contributed by atoms with Crippen LogP contribution in [0.1, 0.15) is 0 Å². The first-order chi connectivity index (χ1) is 4.70. The summed E-state index contributed by atoms with van der Waals surface area (Å²) in [6.07, 6.45) is 1.67. The molecule has 0 fully saturated rings. The maximum absolute atomic E-state index is 10.9. The minimum atomic E-state index is -0.858. The fourth-order valence-corrected chi connectivity index (χ4v) is 1.41. The summed E-state index contributed by atoms with van der Waals surface area (Å²) in [5.41, 5.74) is 0. The Morgan fingerprint density at radius 2 is 1.80 bits per heavy atom. The average Bonchev–Trinajstić information content (AvgIpc) is 1.88. The predicted molar refractivity (Wildman–Crippen MR) is 46.5 cm³/mol. The molecule has 0 saturated carbocycles. The van der Waals surface area contributed by atoms with Gasteiger partial charge in [0.1, 0.15) is 0 Å². The topological polar surface area (TPSA) is 17.1 Å². The zero-order valence-electron chi connectivity index (χ0n) is 5.50. The highest BCUT2D eigenvalue weighted by molar-refractivity contribution is 9.10. The molecule has 0 heterocycles. The molecular weight excluding hydrogens is 212 g/mol. The van der Waals surface area contributed by atoms with Gasteiger partial charge in [0.25, 0.3) is 0 Å². The number of benzene rings is 1. The van der Waals surface area contributed by atoms with Gasteiger partial charge in [-0.05, 0) is 24.3 Å². The van der Waals surface area contributed by atoms with Crippen molar-refractivity contribution in [2.24, 2.45) is 0 Å². The summed E-state index contributed by atoms with van der Waals surface area (Å²) >= 11 is 3.30. The van der Waals surface area contributed by atoms with Crippen LogP contribution < -0.4 is 0 Å². The molecule has 1 atom stereocenters. The molecule has 1 aromatic carbocycles. The van der Waals surface area contributed by atoms with E-state index < -0.39 is 10.8 Å². The van der Waals surface area contributed by atoms with Gasteiger partial charge in [0.05, 0.1) is 0 Å². The first-order valence-corrected chi connectivity index (χ1v) is 5.14. The molecule has 1 nitrogen and oxygen atoms in total. The molecule has 0 aliphatic rings. The summed E-state index contributed by atoms with van der Waals surface area (Å²) in [6, 6.07) is 7.47. The fraction of sp³-hybridized carbons (Fsp3) is 0.143. The highest BCUT2D eigenvalue weighted by atomic mass is 79.9. The number of rotatable bonds is 1. The molecule has 1 rings (SSSR count). The zero-order valence-corrected chi connectivity index (χ0v) is 7.91. The van der Waals surface area contributed by atoms with Gasteiger partial charge in [0.2, 0.25) is 0 Å². The Balaban J connectivity index is 3.00. The molecule has 0 bridgehead atoms. The Hall–Kier alpha value is -0.150. The van der Waals surface area contributed by atoms with Gasteiger partial charge in [0, 0.05) is 26.4 Å². The van der Waals surface area contributed by atoms with Gasteiger partial charge < -0.3 is 0 Å². The third kappa shape index (κ3) is 1.92. The molecule has 1 aromatic rings. The van der Waals surface area contributed by atoms with Crippen molar-refractivity contribution >= 4 is 26.7 Å². The van der Waals surface area contributed by atoms with Gasteiger partial charge in [0.15, 0.2) is 0 Å². The lowest BCUT2D eigenvalue weighted by Gasteiger charge is -1.93. The Kier molecular flexibility index (Phi) is 2.63. The van der Waals surface area contributed by atoms with Gasteiger partial charge >= 0.3 is 0 Å². The van der Waals surface area contributed by atoms with E-state index in [1.54, 1.807) is 6.26 Å². The zero-order chi connectivity index (χ0) is 7.56. The number of halogens is 1. The van der Waals surface area contributed by atoms with Crippen LogP contribution in [-0.2, 0) is 10.8 Å². The van der Waals surface area contributed by atoms with Gasteiger partial charge in [-0.3, -0.25) is 4.21 Å². The highest BCUT2D eigenvalue weighted by Crippen LogP contribution is 2.11. The molecule has 0 radical (unpaired) electrons. The Morgan fingerprint density at radius 1 is 1.30 bits per heavy atom. The molecule has 0 aromatic heterocycles. The number of hydrogen-bond donors (Lipinski definition) is 0. The second-order valence-corrected chi connectivity index (χ2v) is 4.20. The molecule has 0 aliphatic heterocycles. The summed E-state index contributed by atoms with van der Waals surface area (Å²) in [5, 5.41) is 0. The summed E-state index contributed by atoms with van der Waals surface area (Å²) in [7, 11) is -0.858. The average molecular weight is 219 g/mol. The lowest BCUT2D eigenvalue weighted by Crippen LogP contribution is -1.84. The Bertz CT molecular complexity index is 242.